The molecule has 0 aliphatic rings. The van der Waals surface area contributed by atoms with Crippen molar-refractivity contribution in [2.75, 3.05) is 11.9 Å². The minimum atomic E-state index is -0.00533. The highest BCUT2D eigenvalue weighted by Gasteiger charge is 2.07. The first kappa shape index (κ1) is 16.2. The van der Waals surface area contributed by atoms with Crippen molar-refractivity contribution >= 4 is 27.5 Å². The van der Waals surface area contributed by atoms with Crippen LogP contribution in [-0.4, -0.2) is 18.5 Å². The fourth-order valence-corrected chi connectivity index (χ4v) is 2.21. The van der Waals surface area contributed by atoms with E-state index in [1.165, 1.54) is 19.3 Å². The normalized spacial score (nSPS) is 12.2. The van der Waals surface area contributed by atoms with E-state index in [4.69, 9.17) is 0 Å². The van der Waals surface area contributed by atoms with Crippen molar-refractivity contribution in [1.82, 2.24) is 5.32 Å². The van der Waals surface area contributed by atoms with E-state index >= 15 is 0 Å². The van der Waals surface area contributed by atoms with E-state index in [1.54, 1.807) is 0 Å². The van der Waals surface area contributed by atoms with Gasteiger partial charge in [0.25, 0.3) is 0 Å². The van der Waals surface area contributed by atoms with Crippen LogP contribution in [0, 0.1) is 0 Å². The summed E-state index contributed by atoms with van der Waals surface area (Å²) in [4.78, 5) is 11.8. The molecule has 0 aromatic heterocycles. The number of para-hydroxylation sites is 1. The SMILES string of the molecule is CCCCCC(C)NCC(=O)Nc1ccccc1Br. The Morgan fingerprint density at radius 3 is 2.74 bits per heavy atom. The quantitative estimate of drug-likeness (QED) is 0.710. The fraction of sp³-hybridized carbons (Fsp3) is 0.533. The van der Waals surface area contributed by atoms with Crippen molar-refractivity contribution in [2.45, 2.75) is 45.6 Å². The molecule has 1 unspecified atom stereocenters. The lowest BCUT2D eigenvalue weighted by atomic mass is 10.1. The first-order valence-corrected chi connectivity index (χ1v) is 7.70. The molecule has 0 bridgehead atoms. The minimum absolute atomic E-state index is 0.00533. The van der Waals surface area contributed by atoms with E-state index in [0.29, 0.717) is 12.6 Å². The van der Waals surface area contributed by atoms with Gasteiger partial charge in [-0.25, -0.2) is 0 Å². The summed E-state index contributed by atoms with van der Waals surface area (Å²) >= 11 is 3.41. The van der Waals surface area contributed by atoms with Crippen molar-refractivity contribution in [3.8, 4) is 0 Å². The van der Waals surface area contributed by atoms with Gasteiger partial charge >= 0.3 is 0 Å². The number of hydrogen-bond donors (Lipinski definition) is 2. The molecular weight excluding hydrogens is 304 g/mol. The lowest BCUT2D eigenvalue weighted by molar-refractivity contribution is -0.115. The van der Waals surface area contributed by atoms with Gasteiger partial charge in [0.1, 0.15) is 0 Å². The third kappa shape index (κ3) is 6.73. The second-order valence-corrected chi connectivity index (χ2v) is 5.66. The number of benzene rings is 1. The van der Waals surface area contributed by atoms with Crippen LogP contribution < -0.4 is 10.6 Å². The largest absolute Gasteiger partial charge is 0.324 e. The number of halogens is 1. The van der Waals surface area contributed by atoms with Gasteiger partial charge in [-0.3, -0.25) is 4.79 Å². The Labute approximate surface area is 124 Å². The average molecular weight is 327 g/mol. The van der Waals surface area contributed by atoms with E-state index in [0.717, 1.165) is 16.6 Å². The Morgan fingerprint density at radius 1 is 1.32 bits per heavy atom. The van der Waals surface area contributed by atoms with Crippen molar-refractivity contribution in [2.24, 2.45) is 0 Å². The number of hydrogen-bond acceptors (Lipinski definition) is 2. The lowest BCUT2D eigenvalue weighted by Crippen LogP contribution is -2.34. The van der Waals surface area contributed by atoms with Crippen LogP contribution in [0.5, 0.6) is 0 Å². The van der Waals surface area contributed by atoms with Gasteiger partial charge < -0.3 is 10.6 Å². The Kier molecular flexibility index (Phi) is 7.75. The maximum absolute atomic E-state index is 11.8. The van der Waals surface area contributed by atoms with Gasteiger partial charge in [0.05, 0.1) is 12.2 Å². The zero-order valence-electron chi connectivity index (χ0n) is 11.7. The summed E-state index contributed by atoms with van der Waals surface area (Å²) in [5.74, 6) is -0.00533. The summed E-state index contributed by atoms with van der Waals surface area (Å²) in [5, 5.41) is 6.14. The monoisotopic (exact) mass is 326 g/mol. The maximum atomic E-state index is 11.8. The van der Waals surface area contributed by atoms with Gasteiger partial charge in [-0.2, -0.15) is 0 Å². The Bertz CT molecular complexity index is 395. The molecule has 0 spiro atoms. The number of nitrogens with one attached hydrogen (secondary N) is 2. The summed E-state index contributed by atoms with van der Waals surface area (Å²) in [5.41, 5.74) is 0.813. The number of amides is 1. The van der Waals surface area contributed by atoms with Gasteiger partial charge in [0.15, 0.2) is 0 Å². The molecule has 1 aromatic carbocycles. The Balaban J connectivity index is 2.26. The van der Waals surface area contributed by atoms with Crippen molar-refractivity contribution in [3.05, 3.63) is 28.7 Å². The highest BCUT2D eigenvalue weighted by Crippen LogP contribution is 2.20. The smallest absolute Gasteiger partial charge is 0.238 e. The first-order chi connectivity index (χ1) is 9.13. The molecule has 0 heterocycles. The van der Waals surface area contributed by atoms with Gasteiger partial charge in [0.2, 0.25) is 5.91 Å². The molecule has 2 N–H and O–H groups in total. The number of carbonyl (C=O) groups is 1. The standard InChI is InChI=1S/C15H23BrN2O/c1-3-4-5-8-12(2)17-11-15(19)18-14-10-7-6-9-13(14)16/h6-7,9-10,12,17H,3-5,8,11H2,1-2H3,(H,18,19). The van der Waals surface area contributed by atoms with Crippen LogP contribution in [0.4, 0.5) is 5.69 Å². The summed E-state index contributed by atoms with van der Waals surface area (Å²) in [6.45, 7) is 4.68. The molecule has 0 fully saturated rings. The second kappa shape index (κ2) is 9.10. The topological polar surface area (TPSA) is 41.1 Å². The summed E-state index contributed by atoms with van der Waals surface area (Å²) in [6, 6.07) is 8.01. The van der Waals surface area contributed by atoms with Gasteiger partial charge in [-0.15, -0.1) is 0 Å². The molecule has 4 heteroatoms. The van der Waals surface area contributed by atoms with Gasteiger partial charge in [-0.05, 0) is 41.4 Å². The summed E-state index contributed by atoms with van der Waals surface area (Å²) in [6.07, 6.45) is 4.83. The highest BCUT2D eigenvalue weighted by atomic mass is 79.9. The molecule has 0 aliphatic carbocycles. The van der Waals surface area contributed by atoms with Crippen LogP contribution in [0.25, 0.3) is 0 Å². The molecular formula is C15H23BrN2O. The average Bonchev–Trinajstić information content (AvgIpc) is 2.39. The van der Waals surface area contributed by atoms with E-state index < -0.39 is 0 Å². The molecule has 0 saturated heterocycles. The maximum Gasteiger partial charge on any atom is 0.238 e. The number of anilines is 1. The van der Waals surface area contributed by atoms with Gasteiger partial charge in [0, 0.05) is 10.5 Å². The number of rotatable bonds is 8. The van der Waals surface area contributed by atoms with Crippen molar-refractivity contribution in [3.63, 3.8) is 0 Å². The van der Waals surface area contributed by atoms with E-state index in [-0.39, 0.29) is 5.91 Å². The minimum Gasteiger partial charge on any atom is -0.324 e. The lowest BCUT2D eigenvalue weighted by Gasteiger charge is -2.13. The third-order valence-electron chi connectivity index (χ3n) is 3.00. The van der Waals surface area contributed by atoms with E-state index in [9.17, 15) is 4.79 Å². The van der Waals surface area contributed by atoms with Crippen LogP contribution in [0.15, 0.2) is 28.7 Å². The zero-order valence-corrected chi connectivity index (χ0v) is 13.3. The molecule has 0 aliphatic heterocycles. The molecule has 3 nitrogen and oxygen atoms in total. The molecule has 0 saturated carbocycles. The fourth-order valence-electron chi connectivity index (χ4n) is 1.83. The number of carbonyl (C=O) groups excluding carboxylic acids is 1. The predicted octanol–water partition coefficient (Wildman–Crippen LogP) is 3.95. The molecule has 1 atom stereocenters. The van der Waals surface area contributed by atoms with E-state index in [1.807, 2.05) is 24.3 Å². The van der Waals surface area contributed by atoms with Crippen LogP contribution in [-0.2, 0) is 4.79 Å². The third-order valence-corrected chi connectivity index (χ3v) is 3.69. The highest BCUT2D eigenvalue weighted by molar-refractivity contribution is 9.10. The Hall–Kier alpha value is -0.870. The van der Waals surface area contributed by atoms with Crippen LogP contribution >= 0.6 is 15.9 Å². The van der Waals surface area contributed by atoms with Gasteiger partial charge in [-0.1, -0.05) is 38.3 Å². The zero-order chi connectivity index (χ0) is 14.1. The second-order valence-electron chi connectivity index (χ2n) is 4.81. The molecule has 1 amide bonds. The van der Waals surface area contributed by atoms with Crippen LogP contribution in [0.2, 0.25) is 0 Å². The number of unbranched alkanes of at least 4 members (excludes halogenated alkanes) is 2. The molecule has 1 aromatic rings. The molecule has 19 heavy (non-hydrogen) atoms. The molecule has 1 rings (SSSR count). The first-order valence-electron chi connectivity index (χ1n) is 6.91. The molecule has 106 valence electrons. The Morgan fingerprint density at radius 2 is 2.05 bits per heavy atom. The summed E-state index contributed by atoms with van der Waals surface area (Å²) in [7, 11) is 0. The molecule has 0 radical (unpaired) electrons. The van der Waals surface area contributed by atoms with E-state index in [2.05, 4.69) is 40.4 Å². The van der Waals surface area contributed by atoms with Crippen LogP contribution in [0.3, 0.4) is 0 Å². The summed E-state index contributed by atoms with van der Waals surface area (Å²) < 4.78 is 0.902. The van der Waals surface area contributed by atoms with Crippen molar-refractivity contribution < 1.29 is 4.79 Å². The van der Waals surface area contributed by atoms with Crippen molar-refractivity contribution in [1.29, 1.82) is 0 Å². The van der Waals surface area contributed by atoms with Crippen LogP contribution in [0.1, 0.15) is 39.5 Å². The predicted molar refractivity (Wildman–Crippen MR) is 84.4 cm³/mol.